The van der Waals surface area contributed by atoms with Gasteiger partial charge in [-0.15, -0.1) is 0 Å². The predicted octanol–water partition coefficient (Wildman–Crippen LogP) is 2.25. The van der Waals surface area contributed by atoms with Crippen LogP contribution in [0, 0.1) is 17.2 Å². The van der Waals surface area contributed by atoms with Gasteiger partial charge in [-0.1, -0.05) is 27.7 Å². The van der Waals surface area contributed by atoms with E-state index in [1.54, 1.807) is 0 Å². The summed E-state index contributed by atoms with van der Waals surface area (Å²) >= 11 is 0. The van der Waals surface area contributed by atoms with Crippen LogP contribution in [0.4, 0.5) is 0 Å². The van der Waals surface area contributed by atoms with Gasteiger partial charge in [-0.05, 0) is 32.4 Å². The molecule has 0 aromatic heterocycles. The van der Waals surface area contributed by atoms with Crippen LogP contribution in [0.25, 0.3) is 0 Å². The van der Waals surface area contributed by atoms with E-state index in [0.29, 0.717) is 5.92 Å². The van der Waals surface area contributed by atoms with Gasteiger partial charge in [-0.3, -0.25) is 5.32 Å². The predicted molar refractivity (Wildman–Crippen MR) is 69.3 cm³/mol. The molecule has 0 rings (SSSR count). The van der Waals surface area contributed by atoms with E-state index in [9.17, 15) is 5.26 Å². The maximum atomic E-state index is 9.25. The lowest BCUT2D eigenvalue weighted by Gasteiger charge is -2.31. The van der Waals surface area contributed by atoms with Crippen LogP contribution in [0.3, 0.4) is 0 Å². The smallest absolute Gasteiger partial charge is 0.116 e. The Morgan fingerprint density at radius 1 is 1.38 bits per heavy atom. The molecule has 1 atom stereocenters. The zero-order chi connectivity index (χ0) is 12.6. The van der Waals surface area contributed by atoms with E-state index in [1.807, 2.05) is 6.92 Å². The summed E-state index contributed by atoms with van der Waals surface area (Å²) in [6.45, 7) is 14.5. The number of nitriles is 1. The third-order valence-corrected chi connectivity index (χ3v) is 2.62. The Morgan fingerprint density at radius 3 is 2.38 bits per heavy atom. The Hall–Kier alpha value is -0.590. The van der Waals surface area contributed by atoms with Crippen molar-refractivity contribution in [3.05, 3.63) is 0 Å². The van der Waals surface area contributed by atoms with Crippen molar-refractivity contribution in [2.45, 2.75) is 46.6 Å². The van der Waals surface area contributed by atoms with E-state index in [-0.39, 0.29) is 0 Å². The van der Waals surface area contributed by atoms with Gasteiger partial charge in [-0.2, -0.15) is 5.26 Å². The molecular formula is C13H27N3. The first kappa shape index (κ1) is 15.4. The second-order valence-corrected chi connectivity index (χ2v) is 5.09. The molecule has 0 aliphatic carbocycles. The van der Waals surface area contributed by atoms with E-state index in [0.717, 1.165) is 32.6 Å². The Labute approximate surface area is 101 Å². The summed E-state index contributed by atoms with van der Waals surface area (Å²) in [7, 11) is 0. The highest BCUT2D eigenvalue weighted by Gasteiger charge is 2.25. The molecule has 0 aliphatic rings. The zero-order valence-corrected chi connectivity index (χ0v) is 11.5. The van der Waals surface area contributed by atoms with Crippen molar-refractivity contribution < 1.29 is 0 Å². The van der Waals surface area contributed by atoms with Crippen LogP contribution >= 0.6 is 0 Å². The Kier molecular flexibility index (Phi) is 7.36. The molecule has 94 valence electrons. The summed E-state index contributed by atoms with van der Waals surface area (Å²) in [5, 5.41) is 12.6. The summed E-state index contributed by atoms with van der Waals surface area (Å²) in [4.78, 5) is 2.34. The fourth-order valence-electron chi connectivity index (χ4n) is 1.80. The Morgan fingerprint density at radius 2 is 2.00 bits per heavy atom. The number of nitrogens with one attached hydrogen (secondary N) is 1. The molecule has 1 N–H and O–H groups in total. The Balaban J connectivity index is 4.31. The van der Waals surface area contributed by atoms with Crippen molar-refractivity contribution in [2.24, 2.45) is 5.92 Å². The lowest BCUT2D eigenvalue weighted by molar-refractivity contribution is 0.208. The molecule has 0 aromatic rings. The lowest BCUT2D eigenvalue weighted by Crippen LogP contribution is -2.51. The van der Waals surface area contributed by atoms with Crippen molar-refractivity contribution in [2.75, 3.05) is 26.2 Å². The maximum Gasteiger partial charge on any atom is 0.116 e. The molecule has 3 heteroatoms. The van der Waals surface area contributed by atoms with Gasteiger partial charge < -0.3 is 4.90 Å². The quantitative estimate of drug-likeness (QED) is 0.688. The molecule has 0 saturated heterocycles. The van der Waals surface area contributed by atoms with Gasteiger partial charge >= 0.3 is 0 Å². The fourth-order valence-corrected chi connectivity index (χ4v) is 1.80. The molecule has 0 aliphatic heterocycles. The second-order valence-electron chi connectivity index (χ2n) is 5.09. The number of nitrogens with zero attached hydrogens (tertiary/aromatic N) is 2. The summed E-state index contributed by atoms with van der Waals surface area (Å²) in [5.41, 5.74) is -0.416. The lowest BCUT2D eigenvalue weighted by atomic mass is 10.0. The molecule has 3 nitrogen and oxygen atoms in total. The minimum atomic E-state index is -0.416. The van der Waals surface area contributed by atoms with Crippen molar-refractivity contribution in [3.8, 4) is 6.07 Å². The van der Waals surface area contributed by atoms with Crippen molar-refractivity contribution in [3.63, 3.8) is 0 Å². The van der Waals surface area contributed by atoms with Gasteiger partial charge in [0.05, 0.1) is 6.07 Å². The number of rotatable bonds is 8. The first-order chi connectivity index (χ1) is 7.47. The standard InChI is InChI=1S/C13H27N3/c1-6-8-15-13(5,10-14)11-16(7-2)9-12(3)4/h12,15H,6-9,11H2,1-5H3. The van der Waals surface area contributed by atoms with Gasteiger partial charge in [0.25, 0.3) is 0 Å². The monoisotopic (exact) mass is 225 g/mol. The highest BCUT2D eigenvalue weighted by atomic mass is 15.2. The van der Waals surface area contributed by atoms with Crippen molar-refractivity contribution in [1.29, 1.82) is 5.26 Å². The first-order valence-corrected chi connectivity index (χ1v) is 6.36. The zero-order valence-electron chi connectivity index (χ0n) is 11.5. The average molecular weight is 225 g/mol. The minimum Gasteiger partial charge on any atom is -0.300 e. The van der Waals surface area contributed by atoms with E-state index >= 15 is 0 Å². The van der Waals surface area contributed by atoms with Gasteiger partial charge in [0.15, 0.2) is 0 Å². The number of likely N-dealkylation sites (N-methyl/N-ethyl adjacent to an activating group) is 1. The normalized spacial score (nSPS) is 15.1. The molecule has 0 bridgehead atoms. The van der Waals surface area contributed by atoms with Crippen LogP contribution in [-0.2, 0) is 0 Å². The third-order valence-electron chi connectivity index (χ3n) is 2.62. The van der Waals surface area contributed by atoms with Gasteiger partial charge in [0.1, 0.15) is 5.54 Å². The SMILES string of the molecule is CCCNC(C)(C#N)CN(CC)CC(C)C. The molecular weight excluding hydrogens is 198 g/mol. The molecule has 0 amide bonds. The van der Waals surface area contributed by atoms with Crippen LogP contribution in [0.1, 0.15) is 41.0 Å². The second kappa shape index (κ2) is 7.65. The summed E-state index contributed by atoms with van der Waals surface area (Å²) in [6, 6.07) is 2.40. The van der Waals surface area contributed by atoms with Crippen molar-refractivity contribution >= 4 is 0 Å². The summed E-state index contributed by atoms with van der Waals surface area (Å²) in [5.74, 6) is 0.647. The van der Waals surface area contributed by atoms with E-state index in [4.69, 9.17) is 0 Å². The highest BCUT2D eigenvalue weighted by molar-refractivity contribution is 5.05. The number of hydrogen-bond acceptors (Lipinski definition) is 3. The topological polar surface area (TPSA) is 39.1 Å². The van der Waals surface area contributed by atoms with Gasteiger partial charge in [0, 0.05) is 13.1 Å². The molecule has 0 radical (unpaired) electrons. The van der Waals surface area contributed by atoms with Crippen LogP contribution in [0.5, 0.6) is 0 Å². The largest absolute Gasteiger partial charge is 0.300 e. The molecule has 16 heavy (non-hydrogen) atoms. The summed E-state index contributed by atoms with van der Waals surface area (Å²) < 4.78 is 0. The van der Waals surface area contributed by atoms with Crippen LogP contribution in [-0.4, -0.2) is 36.6 Å². The van der Waals surface area contributed by atoms with Crippen LogP contribution in [0.15, 0.2) is 0 Å². The van der Waals surface area contributed by atoms with Crippen molar-refractivity contribution in [1.82, 2.24) is 10.2 Å². The highest BCUT2D eigenvalue weighted by Crippen LogP contribution is 2.08. The molecule has 0 fully saturated rings. The number of hydrogen-bond donors (Lipinski definition) is 1. The first-order valence-electron chi connectivity index (χ1n) is 6.36. The molecule has 0 saturated carbocycles. The average Bonchev–Trinajstić information content (AvgIpc) is 2.25. The van der Waals surface area contributed by atoms with E-state index in [2.05, 4.69) is 44.0 Å². The third kappa shape index (κ3) is 6.09. The van der Waals surface area contributed by atoms with Gasteiger partial charge in [-0.25, -0.2) is 0 Å². The maximum absolute atomic E-state index is 9.25. The van der Waals surface area contributed by atoms with E-state index in [1.165, 1.54) is 0 Å². The van der Waals surface area contributed by atoms with Gasteiger partial charge in [0.2, 0.25) is 0 Å². The summed E-state index contributed by atoms with van der Waals surface area (Å²) in [6.07, 6.45) is 1.06. The fraction of sp³-hybridized carbons (Fsp3) is 0.923. The molecule has 0 heterocycles. The Bertz CT molecular complexity index is 220. The molecule has 1 unspecified atom stereocenters. The minimum absolute atomic E-state index is 0.416. The van der Waals surface area contributed by atoms with E-state index < -0.39 is 5.54 Å². The van der Waals surface area contributed by atoms with Crippen LogP contribution in [0.2, 0.25) is 0 Å². The van der Waals surface area contributed by atoms with Crippen LogP contribution < -0.4 is 5.32 Å². The molecule has 0 spiro atoms. The molecule has 0 aromatic carbocycles.